The lowest BCUT2D eigenvalue weighted by Crippen LogP contribution is -2.52. The third kappa shape index (κ3) is 5.47. The highest BCUT2D eigenvalue weighted by Gasteiger charge is 2.33. The van der Waals surface area contributed by atoms with Crippen molar-refractivity contribution < 1.29 is 19.5 Å². The Morgan fingerprint density at radius 3 is 2.76 bits per heavy atom. The van der Waals surface area contributed by atoms with Gasteiger partial charge in [0.05, 0.1) is 19.2 Å². The molecule has 1 aromatic carbocycles. The lowest BCUT2D eigenvalue weighted by Gasteiger charge is -2.29. The van der Waals surface area contributed by atoms with Crippen molar-refractivity contribution in [3.8, 4) is 0 Å². The Kier molecular flexibility index (Phi) is 7.09. The number of anilines is 1. The van der Waals surface area contributed by atoms with Gasteiger partial charge in [0.2, 0.25) is 11.8 Å². The predicted molar refractivity (Wildman–Crippen MR) is 109 cm³/mol. The van der Waals surface area contributed by atoms with Crippen molar-refractivity contribution in [2.45, 2.75) is 51.1 Å². The van der Waals surface area contributed by atoms with Gasteiger partial charge in [-0.15, -0.1) is 0 Å². The number of hydrogen-bond donors (Lipinski definition) is 3. The van der Waals surface area contributed by atoms with Gasteiger partial charge in [0.15, 0.2) is 0 Å². The molecule has 8 nitrogen and oxygen atoms in total. The van der Waals surface area contributed by atoms with Gasteiger partial charge in [-0.05, 0) is 56.7 Å². The molecule has 4 amide bonds. The highest BCUT2D eigenvalue weighted by molar-refractivity contribution is 5.95. The van der Waals surface area contributed by atoms with Crippen LogP contribution in [0.1, 0.15) is 37.7 Å². The number of nitrogens with zero attached hydrogens (tertiary/aromatic N) is 2. The van der Waals surface area contributed by atoms with Crippen molar-refractivity contribution in [1.29, 1.82) is 0 Å². The van der Waals surface area contributed by atoms with E-state index in [-0.39, 0.29) is 31.0 Å². The zero-order chi connectivity index (χ0) is 20.8. The minimum absolute atomic E-state index is 0.00693. The molecule has 2 heterocycles. The van der Waals surface area contributed by atoms with Crippen LogP contribution in [-0.4, -0.2) is 71.1 Å². The second-order valence-electron chi connectivity index (χ2n) is 7.84. The van der Waals surface area contributed by atoms with E-state index >= 15 is 0 Å². The number of hydrogen-bond acceptors (Lipinski definition) is 4. The third-order valence-electron chi connectivity index (χ3n) is 5.60. The number of nitrogens with one attached hydrogen (secondary N) is 2. The van der Waals surface area contributed by atoms with Gasteiger partial charge in [-0.2, -0.15) is 0 Å². The summed E-state index contributed by atoms with van der Waals surface area (Å²) in [6.45, 7) is 3.00. The predicted octanol–water partition coefficient (Wildman–Crippen LogP) is 1.48. The third-order valence-corrected chi connectivity index (χ3v) is 5.60. The van der Waals surface area contributed by atoms with Gasteiger partial charge < -0.3 is 25.5 Å². The molecule has 29 heavy (non-hydrogen) atoms. The van der Waals surface area contributed by atoms with Crippen molar-refractivity contribution in [2.24, 2.45) is 0 Å². The van der Waals surface area contributed by atoms with E-state index in [9.17, 15) is 19.5 Å². The average molecular weight is 402 g/mol. The number of benzene rings is 1. The molecule has 2 saturated heterocycles. The highest BCUT2D eigenvalue weighted by atomic mass is 16.3. The van der Waals surface area contributed by atoms with Crippen LogP contribution in [0.15, 0.2) is 24.3 Å². The second kappa shape index (κ2) is 9.73. The summed E-state index contributed by atoms with van der Waals surface area (Å²) in [6, 6.07) is 6.21. The van der Waals surface area contributed by atoms with Crippen LogP contribution >= 0.6 is 0 Å². The van der Waals surface area contributed by atoms with E-state index in [4.69, 9.17) is 0 Å². The lowest BCUT2D eigenvalue weighted by molar-refractivity contribution is -0.142. The molecule has 1 aromatic rings. The quantitative estimate of drug-likeness (QED) is 0.694. The SMILES string of the molecule is Cc1cccc(NC(=O)N[C@H]2CCCCN(CC(=O)N3CCCC3CO)C2=O)c1. The van der Waals surface area contributed by atoms with Crippen molar-refractivity contribution in [3.05, 3.63) is 29.8 Å². The molecular weight excluding hydrogens is 372 g/mol. The number of aliphatic hydroxyl groups excluding tert-OH is 1. The van der Waals surface area contributed by atoms with Crippen molar-refractivity contribution in [2.75, 3.05) is 31.6 Å². The van der Waals surface area contributed by atoms with Crippen molar-refractivity contribution in [3.63, 3.8) is 0 Å². The number of urea groups is 1. The van der Waals surface area contributed by atoms with Crippen molar-refractivity contribution >= 4 is 23.5 Å². The summed E-state index contributed by atoms with van der Waals surface area (Å²) in [7, 11) is 0. The van der Waals surface area contributed by atoms with Gasteiger partial charge >= 0.3 is 6.03 Å². The fourth-order valence-corrected chi connectivity index (χ4v) is 4.05. The number of aryl methyl sites for hydroxylation is 1. The molecule has 0 saturated carbocycles. The minimum atomic E-state index is -0.651. The fraction of sp³-hybridized carbons (Fsp3) is 0.571. The number of likely N-dealkylation sites (tertiary alicyclic amines) is 2. The summed E-state index contributed by atoms with van der Waals surface area (Å²) in [5.41, 5.74) is 1.70. The van der Waals surface area contributed by atoms with Crippen LogP contribution in [0.4, 0.5) is 10.5 Å². The zero-order valence-electron chi connectivity index (χ0n) is 16.9. The fourth-order valence-electron chi connectivity index (χ4n) is 4.05. The molecule has 2 aliphatic heterocycles. The second-order valence-corrected chi connectivity index (χ2v) is 7.84. The number of rotatable bonds is 5. The Labute approximate surface area is 171 Å². The molecule has 8 heteroatoms. The van der Waals surface area contributed by atoms with Gasteiger partial charge in [-0.1, -0.05) is 12.1 Å². The standard InChI is InChI=1S/C21H30N4O4/c1-15-6-4-7-16(12-15)22-21(29)23-18-9-2-3-10-24(20(18)28)13-19(27)25-11-5-8-17(25)14-26/h4,6-7,12,17-18,26H,2-3,5,8-11,13-14H2,1H3,(H2,22,23,29)/t17?,18-/m0/s1. The Bertz CT molecular complexity index is 754. The monoisotopic (exact) mass is 402 g/mol. The maximum Gasteiger partial charge on any atom is 0.319 e. The van der Waals surface area contributed by atoms with E-state index < -0.39 is 12.1 Å². The zero-order valence-corrected chi connectivity index (χ0v) is 16.9. The van der Waals surface area contributed by atoms with Gasteiger partial charge in [-0.3, -0.25) is 9.59 Å². The number of carbonyl (C=O) groups excluding carboxylic acids is 3. The molecule has 1 unspecified atom stereocenters. The minimum Gasteiger partial charge on any atom is -0.394 e. The van der Waals surface area contributed by atoms with Gasteiger partial charge in [-0.25, -0.2) is 4.79 Å². The Balaban J connectivity index is 1.59. The Morgan fingerprint density at radius 2 is 2.00 bits per heavy atom. The molecule has 3 N–H and O–H groups in total. The van der Waals surface area contributed by atoms with Crippen LogP contribution in [-0.2, 0) is 9.59 Å². The summed E-state index contributed by atoms with van der Waals surface area (Å²) in [5.74, 6) is -0.366. The summed E-state index contributed by atoms with van der Waals surface area (Å²) in [5, 5.41) is 15.0. The van der Waals surface area contributed by atoms with E-state index in [1.54, 1.807) is 15.9 Å². The van der Waals surface area contributed by atoms with Crippen LogP contribution in [0.5, 0.6) is 0 Å². The van der Waals surface area contributed by atoms with E-state index in [1.807, 2.05) is 25.1 Å². The summed E-state index contributed by atoms with van der Waals surface area (Å²) in [6.07, 6.45) is 3.80. The maximum atomic E-state index is 13.0. The number of carbonyl (C=O) groups is 3. The normalized spacial score (nSPS) is 22.3. The molecule has 158 valence electrons. The first-order chi connectivity index (χ1) is 14.0. The van der Waals surface area contributed by atoms with E-state index in [0.717, 1.165) is 31.2 Å². The Hall–Kier alpha value is -2.61. The summed E-state index contributed by atoms with van der Waals surface area (Å²) < 4.78 is 0. The lowest BCUT2D eigenvalue weighted by atomic mass is 10.1. The van der Waals surface area contributed by atoms with E-state index in [1.165, 1.54) is 0 Å². The Morgan fingerprint density at radius 1 is 1.17 bits per heavy atom. The first-order valence-corrected chi connectivity index (χ1v) is 10.3. The van der Waals surface area contributed by atoms with Gasteiger partial charge in [0.25, 0.3) is 0 Å². The topological polar surface area (TPSA) is 102 Å². The molecular formula is C21H30N4O4. The molecule has 2 aliphatic rings. The molecule has 0 spiro atoms. The van der Waals surface area contributed by atoms with E-state index in [2.05, 4.69) is 10.6 Å². The first kappa shape index (κ1) is 21.1. The summed E-state index contributed by atoms with van der Waals surface area (Å²) >= 11 is 0. The maximum absolute atomic E-state index is 13.0. The molecule has 0 bridgehead atoms. The molecule has 0 aliphatic carbocycles. The molecule has 2 fully saturated rings. The van der Waals surface area contributed by atoms with Crippen LogP contribution in [0.25, 0.3) is 0 Å². The molecule has 2 atom stereocenters. The smallest absolute Gasteiger partial charge is 0.319 e. The largest absolute Gasteiger partial charge is 0.394 e. The van der Waals surface area contributed by atoms with Crippen LogP contribution in [0, 0.1) is 6.92 Å². The van der Waals surface area contributed by atoms with E-state index in [0.29, 0.717) is 25.2 Å². The molecule has 3 rings (SSSR count). The van der Waals surface area contributed by atoms with Crippen molar-refractivity contribution in [1.82, 2.24) is 15.1 Å². The van der Waals surface area contributed by atoms with Crippen LogP contribution in [0.3, 0.4) is 0 Å². The molecule has 0 radical (unpaired) electrons. The first-order valence-electron chi connectivity index (χ1n) is 10.3. The van der Waals surface area contributed by atoms with Crippen LogP contribution in [0.2, 0.25) is 0 Å². The molecule has 0 aromatic heterocycles. The van der Waals surface area contributed by atoms with Crippen LogP contribution < -0.4 is 10.6 Å². The number of aliphatic hydroxyl groups is 1. The van der Waals surface area contributed by atoms with Gasteiger partial charge in [0.1, 0.15) is 6.04 Å². The number of amides is 4. The average Bonchev–Trinajstić information content (AvgIpc) is 3.11. The highest BCUT2D eigenvalue weighted by Crippen LogP contribution is 2.19. The summed E-state index contributed by atoms with van der Waals surface area (Å²) in [4.78, 5) is 41.2. The van der Waals surface area contributed by atoms with Gasteiger partial charge in [0, 0.05) is 18.8 Å².